The summed E-state index contributed by atoms with van der Waals surface area (Å²) in [7, 11) is 0. The van der Waals surface area contributed by atoms with E-state index in [2.05, 4.69) is 52.2 Å². The third-order valence-electron chi connectivity index (χ3n) is 3.49. The Bertz CT molecular complexity index is 581. The van der Waals surface area contributed by atoms with Crippen LogP contribution in [0, 0.1) is 3.57 Å². The summed E-state index contributed by atoms with van der Waals surface area (Å²) in [5.41, 5.74) is 3.45. The third kappa shape index (κ3) is 2.81. The zero-order chi connectivity index (χ0) is 13.2. The highest BCUT2D eigenvalue weighted by molar-refractivity contribution is 14.1. The maximum absolute atomic E-state index is 12.1. The molecule has 0 unspecified atom stereocenters. The van der Waals surface area contributed by atoms with Crippen LogP contribution in [-0.2, 0) is 12.8 Å². The van der Waals surface area contributed by atoms with Gasteiger partial charge in [-0.2, -0.15) is 0 Å². The van der Waals surface area contributed by atoms with Gasteiger partial charge in [-0.25, -0.2) is 0 Å². The van der Waals surface area contributed by atoms with Gasteiger partial charge in [0.05, 0.1) is 0 Å². The first-order chi connectivity index (χ1) is 9.22. The maximum Gasteiger partial charge on any atom is 0.251 e. The van der Waals surface area contributed by atoms with Crippen molar-refractivity contribution in [3.05, 3.63) is 68.8 Å². The molecule has 0 fully saturated rings. The van der Waals surface area contributed by atoms with E-state index in [0.717, 1.165) is 22.0 Å². The fourth-order valence-corrected chi connectivity index (χ4v) is 2.89. The van der Waals surface area contributed by atoms with Crippen LogP contribution in [0.3, 0.4) is 0 Å². The molecule has 2 aromatic rings. The van der Waals surface area contributed by atoms with Crippen LogP contribution in [0.1, 0.15) is 21.5 Å². The molecule has 3 rings (SSSR count). The molecule has 0 saturated heterocycles. The van der Waals surface area contributed by atoms with Crippen LogP contribution in [0.2, 0.25) is 0 Å². The van der Waals surface area contributed by atoms with Crippen LogP contribution in [0.25, 0.3) is 0 Å². The minimum atomic E-state index is 0.0224. The highest BCUT2D eigenvalue weighted by Gasteiger charge is 2.22. The number of carbonyl (C=O) groups excluding carboxylic acids is 1. The third-order valence-corrected chi connectivity index (χ3v) is 4.21. The highest BCUT2D eigenvalue weighted by atomic mass is 127. The first-order valence-electron chi connectivity index (χ1n) is 6.35. The van der Waals surface area contributed by atoms with Crippen molar-refractivity contribution in [1.29, 1.82) is 0 Å². The fourth-order valence-electron chi connectivity index (χ4n) is 2.53. The van der Waals surface area contributed by atoms with Gasteiger partial charge in [0.25, 0.3) is 5.91 Å². The van der Waals surface area contributed by atoms with Gasteiger partial charge in [-0.3, -0.25) is 4.79 Å². The SMILES string of the molecule is O=C(NC1Cc2ccccc2C1)c1ccc(I)cc1. The second-order valence-corrected chi connectivity index (χ2v) is 6.10. The first-order valence-corrected chi connectivity index (χ1v) is 7.43. The van der Waals surface area contributed by atoms with Crippen molar-refractivity contribution in [1.82, 2.24) is 5.32 Å². The number of hydrogen-bond acceptors (Lipinski definition) is 1. The summed E-state index contributed by atoms with van der Waals surface area (Å²) in [6.07, 6.45) is 1.87. The summed E-state index contributed by atoms with van der Waals surface area (Å²) >= 11 is 2.24. The average Bonchev–Trinajstić information content (AvgIpc) is 2.81. The van der Waals surface area contributed by atoms with Gasteiger partial charge in [0.2, 0.25) is 0 Å². The van der Waals surface area contributed by atoms with Gasteiger partial charge in [-0.05, 0) is 70.8 Å². The molecule has 19 heavy (non-hydrogen) atoms. The van der Waals surface area contributed by atoms with E-state index < -0.39 is 0 Å². The molecule has 2 nitrogen and oxygen atoms in total. The van der Waals surface area contributed by atoms with E-state index in [0.29, 0.717) is 0 Å². The molecule has 0 heterocycles. The predicted molar refractivity (Wildman–Crippen MR) is 84.3 cm³/mol. The Balaban J connectivity index is 1.67. The van der Waals surface area contributed by atoms with Crippen molar-refractivity contribution in [2.24, 2.45) is 0 Å². The molecule has 1 aliphatic rings. The molecule has 0 radical (unpaired) electrons. The molecule has 0 aliphatic heterocycles. The van der Waals surface area contributed by atoms with Crippen molar-refractivity contribution in [3.8, 4) is 0 Å². The van der Waals surface area contributed by atoms with Crippen LogP contribution >= 0.6 is 22.6 Å². The average molecular weight is 363 g/mol. The topological polar surface area (TPSA) is 29.1 Å². The number of carbonyl (C=O) groups is 1. The first kappa shape index (κ1) is 12.7. The fraction of sp³-hybridized carbons (Fsp3) is 0.188. The summed E-state index contributed by atoms with van der Waals surface area (Å²) < 4.78 is 1.14. The second-order valence-electron chi connectivity index (χ2n) is 4.85. The lowest BCUT2D eigenvalue weighted by molar-refractivity contribution is 0.0938. The van der Waals surface area contributed by atoms with Gasteiger partial charge in [-0.1, -0.05) is 24.3 Å². The van der Waals surface area contributed by atoms with Crippen LogP contribution in [0.4, 0.5) is 0 Å². The van der Waals surface area contributed by atoms with E-state index in [4.69, 9.17) is 0 Å². The summed E-state index contributed by atoms with van der Waals surface area (Å²) in [5, 5.41) is 3.12. The van der Waals surface area contributed by atoms with Gasteiger partial charge in [0.1, 0.15) is 0 Å². The minimum Gasteiger partial charge on any atom is -0.349 e. The number of benzene rings is 2. The van der Waals surface area contributed by atoms with Crippen LogP contribution in [-0.4, -0.2) is 11.9 Å². The Morgan fingerprint density at radius 2 is 1.58 bits per heavy atom. The van der Waals surface area contributed by atoms with Gasteiger partial charge in [0.15, 0.2) is 0 Å². The molecule has 2 aromatic carbocycles. The summed E-state index contributed by atoms with van der Waals surface area (Å²) in [6.45, 7) is 0. The zero-order valence-corrected chi connectivity index (χ0v) is 12.6. The Morgan fingerprint density at radius 3 is 2.16 bits per heavy atom. The van der Waals surface area contributed by atoms with E-state index >= 15 is 0 Å². The van der Waals surface area contributed by atoms with Gasteiger partial charge < -0.3 is 5.32 Å². The molecule has 3 heteroatoms. The Kier molecular flexibility index (Phi) is 3.55. The lowest BCUT2D eigenvalue weighted by Gasteiger charge is -2.12. The molecule has 0 atom stereocenters. The van der Waals surface area contributed by atoms with E-state index in [1.54, 1.807) is 0 Å². The van der Waals surface area contributed by atoms with E-state index in [9.17, 15) is 4.79 Å². The van der Waals surface area contributed by atoms with Crippen LogP contribution in [0.5, 0.6) is 0 Å². The predicted octanol–water partition coefficient (Wildman–Crippen LogP) is 3.19. The number of fused-ring (bicyclic) bond motifs is 1. The van der Waals surface area contributed by atoms with Crippen LogP contribution < -0.4 is 5.32 Å². The standard InChI is InChI=1S/C16H14INO/c17-14-7-5-11(6-8-14)16(19)18-15-9-12-3-1-2-4-13(12)10-15/h1-8,15H,9-10H2,(H,18,19). The van der Waals surface area contributed by atoms with E-state index in [1.165, 1.54) is 11.1 Å². The summed E-state index contributed by atoms with van der Waals surface area (Å²) in [6, 6.07) is 16.3. The molecule has 0 saturated carbocycles. The monoisotopic (exact) mass is 363 g/mol. The van der Waals surface area contributed by atoms with Gasteiger partial charge in [0, 0.05) is 15.2 Å². The Morgan fingerprint density at radius 1 is 1.00 bits per heavy atom. The van der Waals surface area contributed by atoms with E-state index in [1.807, 2.05) is 24.3 Å². The van der Waals surface area contributed by atoms with Gasteiger partial charge in [-0.15, -0.1) is 0 Å². The Labute approximate surface area is 126 Å². The molecular weight excluding hydrogens is 349 g/mol. The number of halogens is 1. The molecule has 0 aromatic heterocycles. The van der Waals surface area contributed by atoms with Crippen molar-refractivity contribution in [2.75, 3.05) is 0 Å². The molecule has 0 bridgehead atoms. The minimum absolute atomic E-state index is 0.0224. The molecule has 1 N–H and O–H groups in total. The van der Waals surface area contributed by atoms with Gasteiger partial charge >= 0.3 is 0 Å². The van der Waals surface area contributed by atoms with Crippen molar-refractivity contribution in [2.45, 2.75) is 18.9 Å². The van der Waals surface area contributed by atoms with Crippen molar-refractivity contribution >= 4 is 28.5 Å². The Hall–Kier alpha value is -1.36. The molecule has 1 aliphatic carbocycles. The largest absolute Gasteiger partial charge is 0.349 e. The number of amides is 1. The van der Waals surface area contributed by atoms with Crippen LogP contribution in [0.15, 0.2) is 48.5 Å². The molecular formula is C16H14INO. The smallest absolute Gasteiger partial charge is 0.251 e. The number of nitrogens with one attached hydrogen (secondary N) is 1. The van der Waals surface area contributed by atoms with Crippen molar-refractivity contribution < 1.29 is 4.79 Å². The van der Waals surface area contributed by atoms with Crippen molar-refractivity contribution in [3.63, 3.8) is 0 Å². The second kappa shape index (κ2) is 5.33. The normalized spacial score (nSPS) is 14.2. The number of rotatable bonds is 2. The molecule has 1 amide bonds. The number of hydrogen-bond donors (Lipinski definition) is 1. The highest BCUT2D eigenvalue weighted by Crippen LogP contribution is 2.21. The lowest BCUT2D eigenvalue weighted by atomic mass is 10.1. The maximum atomic E-state index is 12.1. The molecule has 96 valence electrons. The lowest BCUT2D eigenvalue weighted by Crippen LogP contribution is -2.35. The molecule has 0 spiro atoms. The quantitative estimate of drug-likeness (QED) is 0.816. The zero-order valence-electron chi connectivity index (χ0n) is 10.4. The summed E-state index contributed by atoms with van der Waals surface area (Å²) in [4.78, 5) is 12.1. The van der Waals surface area contributed by atoms with E-state index in [-0.39, 0.29) is 11.9 Å². The summed E-state index contributed by atoms with van der Waals surface area (Å²) in [5.74, 6) is 0.0224.